The molecule has 0 fully saturated rings. The number of allylic oxidation sites excluding steroid dienone is 1. The molecule has 1 aliphatic heterocycles. The Balaban J connectivity index is 1.10. The van der Waals surface area contributed by atoms with Crippen LogP contribution in [0.25, 0.3) is 92.8 Å². The first-order valence-electron chi connectivity index (χ1n) is 20.6. The van der Waals surface area contributed by atoms with Gasteiger partial charge in [-0.3, -0.25) is 4.98 Å². The first kappa shape index (κ1) is 34.4. The van der Waals surface area contributed by atoms with Crippen molar-refractivity contribution in [2.45, 2.75) is 19.8 Å². The lowest BCUT2D eigenvalue weighted by Gasteiger charge is -2.18. The number of hydrogen-bond acceptors (Lipinski definition) is 4. The predicted molar refractivity (Wildman–Crippen MR) is 252 cm³/mol. The van der Waals surface area contributed by atoms with E-state index in [2.05, 4.69) is 177 Å². The van der Waals surface area contributed by atoms with Gasteiger partial charge in [-0.2, -0.15) is 0 Å². The van der Waals surface area contributed by atoms with E-state index in [4.69, 9.17) is 19.4 Å². The molecule has 0 radical (unpaired) electrons. The van der Waals surface area contributed by atoms with Gasteiger partial charge in [0, 0.05) is 49.8 Å². The van der Waals surface area contributed by atoms with E-state index in [9.17, 15) is 0 Å². The third kappa shape index (κ3) is 5.49. The number of furan rings is 1. The van der Waals surface area contributed by atoms with Crippen molar-refractivity contribution in [2.75, 3.05) is 0 Å². The molecule has 0 saturated heterocycles. The second-order valence-corrected chi connectivity index (χ2v) is 15.9. The van der Waals surface area contributed by atoms with Crippen molar-refractivity contribution in [2.24, 2.45) is 9.98 Å². The molecule has 4 nitrogen and oxygen atoms in total. The molecule has 12 rings (SSSR count). The van der Waals surface area contributed by atoms with Crippen LogP contribution in [0.2, 0.25) is 0 Å². The van der Waals surface area contributed by atoms with Crippen molar-refractivity contribution in [1.82, 2.24) is 4.98 Å². The van der Waals surface area contributed by atoms with Crippen LogP contribution in [-0.4, -0.2) is 16.5 Å². The van der Waals surface area contributed by atoms with Crippen LogP contribution in [0.15, 0.2) is 202 Å². The van der Waals surface area contributed by atoms with E-state index >= 15 is 0 Å². The smallest absolute Gasteiger partial charge is 0.160 e. The lowest BCUT2D eigenvalue weighted by molar-refractivity contribution is 0.672. The summed E-state index contributed by atoms with van der Waals surface area (Å²) in [5.41, 5.74) is 11.4. The van der Waals surface area contributed by atoms with Crippen LogP contribution in [0, 0.1) is 0 Å². The van der Waals surface area contributed by atoms with Crippen LogP contribution in [0.4, 0.5) is 0 Å². The molecule has 0 unspecified atom stereocenters. The first-order chi connectivity index (χ1) is 29.7. The number of rotatable bonds is 4. The summed E-state index contributed by atoms with van der Waals surface area (Å²) < 4.78 is 6.66. The van der Waals surface area contributed by atoms with E-state index in [0.29, 0.717) is 5.84 Å². The third-order valence-electron chi connectivity index (χ3n) is 12.4. The van der Waals surface area contributed by atoms with Gasteiger partial charge < -0.3 is 4.42 Å². The first-order valence-corrected chi connectivity index (χ1v) is 20.6. The summed E-state index contributed by atoms with van der Waals surface area (Å²) in [6.07, 6.45) is 3.45. The molecule has 282 valence electrons. The summed E-state index contributed by atoms with van der Waals surface area (Å²) in [5.74, 6) is 0.682. The van der Waals surface area contributed by atoms with Crippen LogP contribution in [0.5, 0.6) is 0 Å². The van der Waals surface area contributed by atoms with Gasteiger partial charge >= 0.3 is 0 Å². The molecule has 0 bridgehead atoms. The molecule has 0 N–H and O–H groups in total. The van der Waals surface area contributed by atoms with Crippen LogP contribution in [0.3, 0.4) is 0 Å². The zero-order valence-electron chi connectivity index (χ0n) is 33.0. The van der Waals surface area contributed by atoms with Gasteiger partial charge in [-0.25, -0.2) is 9.98 Å². The fourth-order valence-electron chi connectivity index (χ4n) is 9.47. The SMILES string of the molecule is C\C1=C(c2cccc3ccccc23)/N=C(c2cccc(-c3cc4ccccc4c4c3ccc3cccnc34)c2)\N=C(\c2cccc3oc4c5ccccc5ccc4c23)CC1. The van der Waals surface area contributed by atoms with E-state index in [-0.39, 0.29) is 0 Å². The van der Waals surface area contributed by atoms with Crippen molar-refractivity contribution in [3.63, 3.8) is 0 Å². The van der Waals surface area contributed by atoms with Crippen molar-refractivity contribution >= 4 is 93.2 Å². The monoisotopic (exact) mass is 767 g/mol. The Kier molecular flexibility index (Phi) is 7.85. The van der Waals surface area contributed by atoms with Gasteiger partial charge in [0.05, 0.1) is 16.9 Å². The van der Waals surface area contributed by atoms with Gasteiger partial charge in [0.15, 0.2) is 5.84 Å². The summed E-state index contributed by atoms with van der Waals surface area (Å²) in [7, 11) is 0. The average Bonchev–Trinajstić information content (AvgIpc) is 3.70. The van der Waals surface area contributed by atoms with E-state index in [0.717, 1.165) is 95.7 Å². The van der Waals surface area contributed by atoms with E-state index in [1.54, 1.807) is 0 Å². The Bertz CT molecular complexity index is 3660. The maximum absolute atomic E-state index is 6.66. The Labute approximate surface area is 346 Å². The van der Waals surface area contributed by atoms with E-state index < -0.39 is 0 Å². The summed E-state index contributed by atoms with van der Waals surface area (Å²) >= 11 is 0. The van der Waals surface area contributed by atoms with Crippen LogP contribution < -0.4 is 0 Å². The highest BCUT2D eigenvalue weighted by atomic mass is 16.3. The fraction of sp³-hybridized carbons (Fsp3) is 0.0536. The Morgan fingerprint density at radius 1 is 0.450 bits per heavy atom. The second kappa shape index (κ2) is 13.7. The molecule has 3 heterocycles. The molecule has 0 saturated carbocycles. The van der Waals surface area contributed by atoms with Crippen molar-refractivity contribution < 1.29 is 4.42 Å². The van der Waals surface area contributed by atoms with Gasteiger partial charge in [-0.05, 0) is 99.1 Å². The quantitative estimate of drug-likeness (QED) is 0.167. The summed E-state index contributed by atoms with van der Waals surface area (Å²) in [6, 6.07) is 62.6. The zero-order chi connectivity index (χ0) is 39.7. The number of fused-ring (bicyclic) bond motifs is 11. The summed E-state index contributed by atoms with van der Waals surface area (Å²) in [5, 5.41) is 12.7. The van der Waals surface area contributed by atoms with Crippen LogP contribution in [0.1, 0.15) is 36.5 Å². The number of aliphatic imine (C=N–C) groups is 2. The number of hydrogen-bond donors (Lipinski definition) is 0. The molecule has 4 heteroatoms. The lowest BCUT2D eigenvalue weighted by atomic mass is 9.91. The molecular formula is C56H37N3O. The molecular weight excluding hydrogens is 731 g/mol. The third-order valence-corrected chi connectivity index (χ3v) is 12.4. The Hall–Kier alpha value is -7.69. The topological polar surface area (TPSA) is 50.8 Å². The normalized spacial score (nSPS) is 16.7. The number of aromatic nitrogens is 1. The maximum Gasteiger partial charge on any atom is 0.160 e. The molecule has 0 atom stereocenters. The number of nitrogens with zero attached hydrogens (tertiary/aromatic N) is 3. The second-order valence-electron chi connectivity index (χ2n) is 15.9. The Morgan fingerprint density at radius 2 is 1.13 bits per heavy atom. The molecule has 9 aromatic carbocycles. The molecule has 0 amide bonds. The highest BCUT2D eigenvalue weighted by molar-refractivity contribution is 6.26. The van der Waals surface area contributed by atoms with Crippen molar-refractivity contribution in [3.8, 4) is 11.1 Å². The largest absolute Gasteiger partial charge is 0.455 e. The predicted octanol–water partition coefficient (Wildman–Crippen LogP) is 14.9. The van der Waals surface area contributed by atoms with Gasteiger partial charge in [0.2, 0.25) is 0 Å². The van der Waals surface area contributed by atoms with Crippen molar-refractivity contribution in [3.05, 3.63) is 204 Å². The van der Waals surface area contributed by atoms with Crippen molar-refractivity contribution in [1.29, 1.82) is 0 Å². The van der Waals surface area contributed by atoms with Gasteiger partial charge in [0.1, 0.15) is 11.2 Å². The van der Waals surface area contributed by atoms with E-state index in [1.165, 1.54) is 37.9 Å². The zero-order valence-corrected chi connectivity index (χ0v) is 33.0. The molecule has 2 aromatic heterocycles. The number of pyridine rings is 1. The molecule has 11 aromatic rings. The molecule has 1 aliphatic rings. The minimum Gasteiger partial charge on any atom is -0.455 e. The van der Waals surface area contributed by atoms with Gasteiger partial charge in [0.25, 0.3) is 0 Å². The Morgan fingerprint density at radius 3 is 2.03 bits per heavy atom. The fourth-order valence-corrected chi connectivity index (χ4v) is 9.47. The minimum absolute atomic E-state index is 0.682. The molecule has 60 heavy (non-hydrogen) atoms. The van der Waals surface area contributed by atoms with E-state index in [1.807, 2.05) is 12.3 Å². The molecule has 0 spiro atoms. The average molecular weight is 768 g/mol. The minimum atomic E-state index is 0.682. The summed E-state index contributed by atoms with van der Waals surface area (Å²) in [4.78, 5) is 16.2. The highest BCUT2D eigenvalue weighted by Gasteiger charge is 2.22. The van der Waals surface area contributed by atoms with Gasteiger partial charge in [-0.1, -0.05) is 146 Å². The van der Waals surface area contributed by atoms with Crippen LogP contribution in [-0.2, 0) is 0 Å². The highest BCUT2D eigenvalue weighted by Crippen LogP contribution is 2.41. The maximum atomic E-state index is 6.66. The molecule has 0 aliphatic carbocycles. The van der Waals surface area contributed by atoms with Gasteiger partial charge in [-0.15, -0.1) is 0 Å². The summed E-state index contributed by atoms with van der Waals surface area (Å²) in [6.45, 7) is 2.23. The van der Waals surface area contributed by atoms with Crippen LogP contribution >= 0.6 is 0 Å². The standard InChI is InChI=1S/C56H37N3O/c1-34-25-30-49(46-23-10-24-50-51(46)47-29-26-36-13-3-7-21-43(36)55(47)60-50)58-56(59-53(34)45-22-9-15-35-12-2-5-19-41(35)45)40-17-8-16-38(32-40)48-33-39-14-4-6-20-42(39)52-44(48)28-27-37-18-11-31-57-54(37)52/h2-24,26-29,31-33H,25,30H2,1H3/b53-34+,58-49+,59-56-. The number of benzene rings is 9. The lowest BCUT2D eigenvalue weighted by Crippen LogP contribution is -2.11. The number of amidine groups is 1.